The third-order valence-electron chi connectivity index (χ3n) is 2.88. The van der Waals surface area contributed by atoms with E-state index in [1.807, 2.05) is 12.1 Å². The number of hydrogen-bond donors (Lipinski definition) is 2. The molecule has 2 N–H and O–H groups in total. The predicted octanol–water partition coefficient (Wildman–Crippen LogP) is 3.22. The Hall–Kier alpha value is -0.860. The minimum absolute atomic E-state index is 0.362. The molecule has 0 aliphatic rings. The molecule has 0 aromatic heterocycles. The summed E-state index contributed by atoms with van der Waals surface area (Å²) in [5, 5.41) is 19.6. The third-order valence-corrected chi connectivity index (χ3v) is 2.88. The molecule has 0 amide bonds. The lowest BCUT2D eigenvalue weighted by molar-refractivity contribution is 0.0179. The molecule has 1 atom stereocenters. The van der Waals surface area contributed by atoms with Gasteiger partial charge in [-0.2, -0.15) is 0 Å². The number of benzene rings is 1. The normalized spacial score (nSPS) is 13.7. The Labute approximate surface area is 104 Å². The summed E-state index contributed by atoms with van der Waals surface area (Å²) in [4.78, 5) is 0. The predicted molar refractivity (Wildman–Crippen MR) is 70.9 cm³/mol. The van der Waals surface area contributed by atoms with E-state index in [-0.39, 0.29) is 0 Å². The minimum atomic E-state index is -0.833. The maximum atomic E-state index is 9.96. The first-order valence-electron chi connectivity index (χ1n) is 6.41. The molecule has 2 heteroatoms. The molecule has 0 saturated carbocycles. The lowest BCUT2D eigenvalue weighted by Crippen LogP contribution is -2.22. The fourth-order valence-electron chi connectivity index (χ4n) is 1.88. The van der Waals surface area contributed by atoms with Crippen LogP contribution in [0, 0.1) is 0 Å². The van der Waals surface area contributed by atoms with Crippen molar-refractivity contribution in [3.05, 3.63) is 35.4 Å². The van der Waals surface area contributed by atoms with Crippen LogP contribution in [0.1, 0.15) is 57.3 Å². The van der Waals surface area contributed by atoms with Gasteiger partial charge in [0.05, 0.1) is 11.7 Å². The van der Waals surface area contributed by atoms with Crippen LogP contribution in [0.15, 0.2) is 24.3 Å². The Morgan fingerprint density at radius 2 is 1.76 bits per heavy atom. The first-order valence-corrected chi connectivity index (χ1v) is 6.41. The molecule has 2 nitrogen and oxygen atoms in total. The van der Waals surface area contributed by atoms with Gasteiger partial charge in [-0.1, -0.05) is 37.6 Å². The van der Waals surface area contributed by atoms with Gasteiger partial charge in [-0.05, 0) is 37.8 Å². The number of aryl methyl sites for hydroxylation is 1. The fourth-order valence-corrected chi connectivity index (χ4v) is 1.88. The summed E-state index contributed by atoms with van der Waals surface area (Å²) in [6.07, 6.45) is 3.27. The number of aliphatic hydroxyl groups excluding tert-OH is 1. The summed E-state index contributed by atoms with van der Waals surface area (Å²) >= 11 is 0. The van der Waals surface area contributed by atoms with E-state index >= 15 is 0 Å². The first kappa shape index (κ1) is 14.2. The molecule has 0 aliphatic carbocycles. The maximum absolute atomic E-state index is 9.96. The van der Waals surface area contributed by atoms with Gasteiger partial charge in [-0.15, -0.1) is 0 Å². The zero-order chi connectivity index (χ0) is 12.9. The molecule has 1 unspecified atom stereocenters. The van der Waals surface area contributed by atoms with Crippen LogP contribution >= 0.6 is 0 Å². The van der Waals surface area contributed by atoms with Gasteiger partial charge in [0, 0.05) is 6.42 Å². The van der Waals surface area contributed by atoms with Crippen molar-refractivity contribution in [1.29, 1.82) is 0 Å². The van der Waals surface area contributed by atoms with Crippen molar-refractivity contribution in [2.24, 2.45) is 0 Å². The monoisotopic (exact) mass is 236 g/mol. The van der Waals surface area contributed by atoms with E-state index < -0.39 is 11.7 Å². The van der Waals surface area contributed by atoms with E-state index in [2.05, 4.69) is 19.1 Å². The number of rotatable bonds is 6. The molecule has 96 valence electrons. The van der Waals surface area contributed by atoms with Gasteiger partial charge in [0.1, 0.15) is 0 Å². The molecule has 0 saturated heterocycles. The zero-order valence-corrected chi connectivity index (χ0v) is 11.1. The average molecular weight is 236 g/mol. The molecule has 0 fully saturated rings. The highest BCUT2D eigenvalue weighted by atomic mass is 16.3. The smallest absolute Gasteiger partial charge is 0.0817 e. The second kappa shape index (κ2) is 6.18. The molecule has 0 heterocycles. The molecule has 0 spiro atoms. The SMILES string of the molecule is CCCCc1ccc(C(O)CC(C)(C)O)cc1. The molecule has 1 aromatic rings. The summed E-state index contributed by atoms with van der Waals surface area (Å²) in [6.45, 7) is 5.61. The lowest BCUT2D eigenvalue weighted by atomic mass is 9.95. The topological polar surface area (TPSA) is 40.5 Å². The summed E-state index contributed by atoms with van der Waals surface area (Å²) in [5.41, 5.74) is 1.36. The average Bonchev–Trinajstić information content (AvgIpc) is 2.24. The van der Waals surface area contributed by atoms with Crippen LogP contribution in [0.2, 0.25) is 0 Å². The number of unbranched alkanes of at least 4 members (excludes halogenated alkanes) is 1. The van der Waals surface area contributed by atoms with Crippen LogP contribution in [0.4, 0.5) is 0 Å². The second-order valence-corrected chi connectivity index (χ2v) is 5.38. The van der Waals surface area contributed by atoms with Crippen molar-refractivity contribution in [1.82, 2.24) is 0 Å². The highest BCUT2D eigenvalue weighted by Crippen LogP contribution is 2.23. The van der Waals surface area contributed by atoms with Crippen LogP contribution in [0.3, 0.4) is 0 Å². The molecule has 0 bridgehead atoms. The molecular formula is C15H24O2. The molecule has 1 aromatic carbocycles. The second-order valence-electron chi connectivity index (χ2n) is 5.38. The Morgan fingerprint density at radius 3 is 2.24 bits per heavy atom. The quantitative estimate of drug-likeness (QED) is 0.796. The minimum Gasteiger partial charge on any atom is -0.390 e. The highest BCUT2D eigenvalue weighted by Gasteiger charge is 2.19. The van der Waals surface area contributed by atoms with Gasteiger partial charge in [-0.25, -0.2) is 0 Å². The van der Waals surface area contributed by atoms with Crippen molar-refractivity contribution in [3.63, 3.8) is 0 Å². The van der Waals surface area contributed by atoms with Crippen LogP contribution in [-0.2, 0) is 6.42 Å². The summed E-state index contributed by atoms with van der Waals surface area (Å²) < 4.78 is 0. The van der Waals surface area contributed by atoms with Crippen LogP contribution < -0.4 is 0 Å². The van der Waals surface area contributed by atoms with Crippen molar-refractivity contribution in [2.75, 3.05) is 0 Å². The van der Waals surface area contributed by atoms with Gasteiger partial charge in [0.15, 0.2) is 0 Å². The van der Waals surface area contributed by atoms with Gasteiger partial charge in [-0.3, -0.25) is 0 Å². The molecular weight excluding hydrogens is 212 g/mol. The molecule has 0 radical (unpaired) electrons. The highest BCUT2D eigenvalue weighted by molar-refractivity contribution is 5.24. The molecule has 1 rings (SSSR count). The lowest BCUT2D eigenvalue weighted by Gasteiger charge is -2.21. The zero-order valence-electron chi connectivity index (χ0n) is 11.1. The Bertz CT molecular complexity index is 322. The van der Waals surface area contributed by atoms with E-state index in [0.29, 0.717) is 6.42 Å². The first-order chi connectivity index (χ1) is 7.92. The van der Waals surface area contributed by atoms with Crippen LogP contribution in [0.25, 0.3) is 0 Å². The van der Waals surface area contributed by atoms with Crippen molar-refractivity contribution >= 4 is 0 Å². The summed E-state index contributed by atoms with van der Waals surface area (Å²) in [7, 11) is 0. The van der Waals surface area contributed by atoms with Crippen molar-refractivity contribution in [2.45, 2.75) is 58.2 Å². The number of hydrogen-bond acceptors (Lipinski definition) is 2. The number of aliphatic hydroxyl groups is 2. The van der Waals surface area contributed by atoms with Gasteiger partial charge < -0.3 is 10.2 Å². The summed E-state index contributed by atoms with van der Waals surface area (Å²) in [6, 6.07) is 8.06. The van der Waals surface area contributed by atoms with Gasteiger partial charge in [0.25, 0.3) is 0 Å². The fraction of sp³-hybridized carbons (Fsp3) is 0.600. The maximum Gasteiger partial charge on any atom is 0.0817 e. The third kappa shape index (κ3) is 5.33. The molecule has 0 aliphatic heterocycles. The van der Waals surface area contributed by atoms with Crippen molar-refractivity contribution < 1.29 is 10.2 Å². The molecule has 17 heavy (non-hydrogen) atoms. The standard InChI is InChI=1S/C15H24O2/c1-4-5-6-12-7-9-13(10-8-12)14(16)11-15(2,3)17/h7-10,14,16-17H,4-6,11H2,1-3H3. The van der Waals surface area contributed by atoms with Crippen LogP contribution in [0.5, 0.6) is 0 Å². The van der Waals surface area contributed by atoms with E-state index in [1.54, 1.807) is 13.8 Å². The summed E-state index contributed by atoms with van der Waals surface area (Å²) in [5.74, 6) is 0. The van der Waals surface area contributed by atoms with Crippen LogP contribution in [-0.4, -0.2) is 15.8 Å². The largest absolute Gasteiger partial charge is 0.390 e. The van der Waals surface area contributed by atoms with Gasteiger partial charge in [0.2, 0.25) is 0 Å². The Kier molecular flexibility index (Phi) is 5.16. The van der Waals surface area contributed by atoms with Crippen molar-refractivity contribution in [3.8, 4) is 0 Å². The van der Waals surface area contributed by atoms with E-state index in [4.69, 9.17) is 0 Å². The Balaban J connectivity index is 2.60. The van der Waals surface area contributed by atoms with E-state index in [1.165, 1.54) is 18.4 Å². The van der Waals surface area contributed by atoms with E-state index in [0.717, 1.165) is 12.0 Å². The van der Waals surface area contributed by atoms with E-state index in [9.17, 15) is 10.2 Å². The Morgan fingerprint density at radius 1 is 1.18 bits per heavy atom. The van der Waals surface area contributed by atoms with Gasteiger partial charge >= 0.3 is 0 Å².